The Morgan fingerprint density at radius 2 is 2.15 bits per heavy atom. The van der Waals surface area contributed by atoms with Gasteiger partial charge in [0.1, 0.15) is 5.82 Å². The van der Waals surface area contributed by atoms with Gasteiger partial charge in [0.05, 0.1) is 12.1 Å². The Morgan fingerprint density at radius 1 is 1.40 bits per heavy atom. The van der Waals surface area contributed by atoms with Crippen LogP contribution in [0.1, 0.15) is 27.0 Å². The number of carbonyl (C=O) groups excluding carboxylic acids is 1. The SMILES string of the molecule is CCc1ccc(CNC(=O)c2cc(Br)cnc2NC)s1. The minimum atomic E-state index is -0.130. The summed E-state index contributed by atoms with van der Waals surface area (Å²) in [5.41, 5.74) is 0.536. The maximum Gasteiger partial charge on any atom is 0.255 e. The van der Waals surface area contributed by atoms with E-state index in [1.807, 2.05) is 0 Å². The van der Waals surface area contributed by atoms with Crippen molar-refractivity contribution in [3.05, 3.63) is 44.2 Å². The largest absolute Gasteiger partial charge is 0.372 e. The highest BCUT2D eigenvalue weighted by atomic mass is 79.9. The molecule has 0 saturated carbocycles. The zero-order valence-corrected chi connectivity index (χ0v) is 13.8. The Balaban J connectivity index is 2.06. The number of pyridine rings is 1. The van der Waals surface area contributed by atoms with E-state index in [0.29, 0.717) is 17.9 Å². The Bertz CT molecular complexity index is 612. The molecule has 0 fully saturated rings. The highest BCUT2D eigenvalue weighted by Crippen LogP contribution is 2.19. The molecule has 0 aliphatic carbocycles. The van der Waals surface area contributed by atoms with Crippen molar-refractivity contribution in [2.45, 2.75) is 19.9 Å². The van der Waals surface area contributed by atoms with Gasteiger partial charge in [-0.1, -0.05) is 6.92 Å². The molecule has 0 saturated heterocycles. The van der Waals surface area contributed by atoms with Crippen LogP contribution in [0.2, 0.25) is 0 Å². The molecular formula is C14H16BrN3OS. The summed E-state index contributed by atoms with van der Waals surface area (Å²) in [6.07, 6.45) is 2.69. The zero-order valence-electron chi connectivity index (χ0n) is 11.4. The Hall–Kier alpha value is -1.40. The van der Waals surface area contributed by atoms with Crippen LogP contribution in [0.25, 0.3) is 0 Å². The van der Waals surface area contributed by atoms with Crippen molar-refractivity contribution >= 4 is 39.0 Å². The number of rotatable bonds is 5. The van der Waals surface area contributed by atoms with Crippen LogP contribution in [-0.2, 0) is 13.0 Å². The molecule has 0 radical (unpaired) electrons. The van der Waals surface area contributed by atoms with Crippen molar-refractivity contribution in [1.82, 2.24) is 10.3 Å². The third kappa shape index (κ3) is 3.58. The topological polar surface area (TPSA) is 54.0 Å². The normalized spacial score (nSPS) is 10.3. The second kappa shape index (κ2) is 6.85. The monoisotopic (exact) mass is 353 g/mol. The number of nitrogens with one attached hydrogen (secondary N) is 2. The van der Waals surface area contributed by atoms with Crippen LogP contribution in [0.3, 0.4) is 0 Å². The summed E-state index contributed by atoms with van der Waals surface area (Å²) in [6, 6.07) is 5.92. The fourth-order valence-corrected chi connectivity index (χ4v) is 3.01. The summed E-state index contributed by atoms with van der Waals surface area (Å²) in [5.74, 6) is 0.445. The van der Waals surface area contributed by atoms with Gasteiger partial charge < -0.3 is 10.6 Å². The number of hydrogen-bond donors (Lipinski definition) is 2. The minimum absolute atomic E-state index is 0.130. The molecule has 0 atom stereocenters. The maximum absolute atomic E-state index is 12.2. The standard InChI is InChI=1S/C14H16BrN3OS/c1-3-10-4-5-11(20-10)8-18-14(19)12-6-9(15)7-17-13(12)16-2/h4-7H,3,8H2,1-2H3,(H,16,17)(H,18,19). The minimum Gasteiger partial charge on any atom is -0.372 e. The molecule has 0 aromatic carbocycles. The van der Waals surface area contributed by atoms with Gasteiger partial charge in [-0.3, -0.25) is 4.79 Å². The van der Waals surface area contributed by atoms with Crippen molar-refractivity contribution in [1.29, 1.82) is 0 Å². The van der Waals surface area contributed by atoms with Gasteiger partial charge in [-0.05, 0) is 40.5 Å². The zero-order chi connectivity index (χ0) is 14.5. The number of thiophene rings is 1. The van der Waals surface area contributed by atoms with Gasteiger partial charge in [0, 0.05) is 27.5 Å². The van der Waals surface area contributed by atoms with E-state index in [2.05, 4.69) is 50.6 Å². The number of halogens is 1. The number of hydrogen-bond acceptors (Lipinski definition) is 4. The van der Waals surface area contributed by atoms with Crippen LogP contribution in [0.5, 0.6) is 0 Å². The first-order valence-corrected chi connectivity index (χ1v) is 7.94. The van der Waals surface area contributed by atoms with E-state index < -0.39 is 0 Å². The third-order valence-electron chi connectivity index (χ3n) is 2.82. The quantitative estimate of drug-likeness (QED) is 0.865. The predicted molar refractivity (Wildman–Crippen MR) is 86.4 cm³/mol. The first-order chi connectivity index (χ1) is 9.63. The lowest BCUT2D eigenvalue weighted by molar-refractivity contribution is 0.0952. The molecule has 2 aromatic rings. The summed E-state index contributed by atoms with van der Waals surface area (Å²) >= 11 is 5.06. The van der Waals surface area contributed by atoms with E-state index in [0.717, 1.165) is 15.8 Å². The number of nitrogens with zero attached hydrogens (tertiary/aromatic N) is 1. The van der Waals surface area contributed by atoms with Crippen molar-refractivity contribution < 1.29 is 4.79 Å². The van der Waals surface area contributed by atoms with Gasteiger partial charge >= 0.3 is 0 Å². The number of aryl methyl sites for hydroxylation is 1. The number of carbonyl (C=O) groups is 1. The summed E-state index contributed by atoms with van der Waals surface area (Å²) in [6.45, 7) is 2.67. The lowest BCUT2D eigenvalue weighted by atomic mass is 10.2. The first kappa shape index (κ1) is 15.0. The van der Waals surface area contributed by atoms with Crippen molar-refractivity contribution in [2.24, 2.45) is 0 Å². The van der Waals surface area contributed by atoms with Crippen molar-refractivity contribution in [3.63, 3.8) is 0 Å². The van der Waals surface area contributed by atoms with Crippen molar-refractivity contribution in [2.75, 3.05) is 12.4 Å². The van der Waals surface area contributed by atoms with Gasteiger partial charge in [-0.2, -0.15) is 0 Å². The molecule has 0 bridgehead atoms. The molecule has 2 N–H and O–H groups in total. The Labute approximate surface area is 130 Å². The predicted octanol–water partition coefficient (Wildman–Crippen LogP) is 3.44. The van der Waals surface area contributed by atoms with E-state index >= 15 is 0 Å². The molecule has 6 heteroatoms. The molecule has 0 aliphatic heterocycles. The molecule has 1 amide bonds. The molecule has 4 nitrogen and oxygen atoms in total. The van der Waals surface area contributed by atoms with E-state index in [9.17, 15) is 4.79 Å². The fraction of sp³-hybridized carbons (Fsp3) is 0.286. The molecule has 0 unspecified atom stereocenters. The molecule has 0 aliphatic rings. The van der Waals surface area contributed by atoms with Crippen LogP contribution in [0, 0.1) is 0 Å². The Kier molecular flexibility index (Phi) is 5.14. The number of aromatic nitrogens is 1. The van der Waals surface area contributed by atoms with Gasteiger partial charge in [0.2, 0.25) is 0 Å². The van der Waals surface area contributed by atoms with Crippen LogP contribution >= 0.6 is 27.3 Å². The first-order valence-electron chi connectivity index (χ1n) is 6.33. The molecule has 106 valence electrons. The summed E-state index contributed by atoms with van der Waals surface area (Å²) in [5, 5.41) is 5.85. The average Bonchev–Trinajstić information content (AvgIpc) is 2.92. The molecule has 20 heavy (non-hydrogen) atoms. The molecule has 2 aromatic heterocycles. The smallest absolute Gasteiger partial charge is 0.255 e. The van der Waals surface area contributed by atoms with E-state index in [1.165, 1.54) is 4.88 Å². The average molecular weight is 354 g/mol. The highest BCUT2D eigenvalue weighted by molar-refractivity contribution is 9.10. The van der Waals surface area contributed by atoms with Gasteiger partial charge in [-0.25, -0.2) is 4.98 Å². The van der Waals surface area contributed by atoms with Crippen LogP contribution in [-0.4, -0.2) is 17.9 Å². The number of anilines is 1. The summed E-state index contributed by atoms with van der Waals surface area (Å²) in [7, 11) is 1.75. The lowest BCUT2D eigenvalue weighted by Crippen LogP contribution is -2.23. The fourth-order valence-electron chi connectivity index (χ4n) is 1.78. The molecule has 2 heterocycles. The van der Waals surface area contributed by atoms with Crippen molar-refractivity contribution in [3.8, 4) is 0 Å². The maximum atomic E-state index is 12.2. The van der Waals surface area contributed by atoms with Crippen LogP contribution < -0.4 is 10.6 Å². The van der Waals surface area contributed by atoms with Crippen LogP contribution in [0.15, 0.2) is 28.9 Å². The van der Waals surface area contributed by atoms with E-state index in [-0.39, 0.29) is 5.91 Å². The second-order valence-electron chi connectivity index (χ2n) is 4.20. The molecule has 0 spiro atoms. The van der Waals surface area contributed by atoms with Gasteiger partial charge in [0.25, 0.3) is 5.91 Å². The molecule has 2 rings (SSSR count). The molecular weight excluding hydrogens is 338 g/mol. The van der Waals surface area contributed by atoms with E-state index in [4.69, 9.17) is 0 Å². The van der Waals surface area contributed by atoms with E-state index in [1.54, 1.807) is 30.6 Å². The summed E-state index contributed by atoms with van der Waals surface area (Å²) in [4.78, 5) is 18.9. The lowest BCUT2D eigenvalue weighted by Gasteiger charge is -2.08. The van der Waals surface area contributed by atoms with Gasteiger partial charge in [-0.15, -0.1) is 11.3 Å². The third-order valence-corrected chi connectivity index (χ3v) is 4.49. The Morgan fingerprint density at radius 3 is 2.80 bits per heavy atom. The van der Waals surface area contributed by atoms with Gasteiger partial charge in [0.15, 0.2) is 0 Å². The number of amides is 1. The van der Waals surface area contributed by atoms with Crippen LogP contribution in [0.4, 0.5) is 5.82 Å². The highest BCUT2D eigenvalue weighted by Gasteiger charge is 2.12. The second-order valence-corrected chi connectivity index (χ2v) is 6.37. The summed E-state index contributed by atoms with van der Waals surface area (Å²) < 4.78 is 0.783.